The Balaban J connectivity index is 2.41. The summed E-state index contributed by atoms with van der Waals surface area (Å²) in [5.41, 5.74) is 0. The van der Waals surface area contributed by atoms with Crippen LogP contribution in [0.1, 0.15) is 50.7 Å². The third-order valence-corrected chi connectivity index (χ3v) is 4.25. The summed E-state index contributed by atoms with van der Waals surface area (Å²) in [6.45, 7) is 9.44. The van der Waals surface area contributed by atoms with Crippen molar-refractivity contribution >= 4 is 29.1 Å². The molecule has 0 aliphatic rings. The zero-order chi connectivity index (χ0) is 18.3. The topological polar surface area (TPSA) is 75.7 Å². The Kier molecular flexibility index (Phi) is 7.91. The van der Waals surface area contributed by atoms with Gasteiger partial charge in [-0.05, 0) is 46.1 Å². The third kappa shape index (κ3) is 5.96. The Morgan fingerprint density at radius 1 is 1.17 bits per heavy atom. The maximum Gasteiger partial charge on any atom is 0.308 e. The van der Waals surface area contributed by atoms with Crippen LogP contribution in [0.2, 0.25) is 0 Å². The van der Waals surface area contributed by atoms with E-state index in [0.717, 1.165) is 0 Å². The molecule has 0 fully saturated rings. The average molecular weight is 354 g/mol. The molecule has 24 heavy (non-hydrogen) atoms. The van der Waals surface area contributed by atoms with Gasteiger partial charge >= 0.3 is 5.97 Å². The number of amides is 2. The van der Waals surface area contributed by atoms with Crippen molar-refractivity contribution in [2.24, 2.45) is 0 Å². The van der Waals surface area contributed by atoms with Gasteiger partial charge in [-0.2, -0.15) is 0 Å². The van der Waals surface area contributed by atoms with Gasteiger partial charge in [0.05, 0.1) is 11.3 Å². The fraction of sp³-hybridized carbons (Fsp3) is 0.588. The smallest absolute Gasteiger partial charge is 0.308 e. The van der Waals surface area contributed by atoms with Gasteiger partial charge in [-0.15, -0.1) is 11.3 Å². The van der Waals surface area contributed by atoms with Gasteiger partial charge in [0.15, 0.2) is 6.10 Å². The summed E-state index contributed by atoms with van der Waals surface area (Å²) in [7, 11) is 0. The van der Waals surface area contributed by atoms with E-state index in [1.54, 1.807) is 24.0 Å². The third-order valence-electron chi connectivity index (χ3n) is 3.38. The molecule has 1 rings (SSSR count). The number of carbonyl (C=O) groups is 3. The lowest BCUT2D eigenvalue weighted by Gasteiger charge is -2.32. The summed E-state index contributed by atoms with van der Waals surface area (Å²) in [5, 5.41) is 4.46. The van der Waals surface area contributed by atoms with E-state index in [9.17, 15) is 14.4 Å². The Labute approximate surface area is 147 Å². The van der Waals surface area contributed by atoms with E-state index < -0.39 is 12.1 Å². The van der Waals surface area contributed by atoms with Crippen molar-refractivity contribution < 1.29 is 19.1 Å². The van der Waals surface area contributed by atoms with Gasteiger partial charge in [0.25, 0.3) is 11.8 Å². The van der Waals surface area contributed by atoms with Crippen LogP contribution in [0.25, 0.3) is 0 Å². The zero-order valence-corrected chi connectivity index (χ0v) is 15.7. The highest BCUT2D eigenvalue weighted by molar-refractivity contribution is 7.12. The fourth-order valence-electron chi connectivity index (χ4n) is 2.39. The fourth-order valence-corrected chi connectivity index (χ4v) is 3.03. The second-order valence-corrected chi connectivity index (χ2v) is 7.00. The monoisotopic (exact) mass is 354 g/mol. The number of hydrogen-bond donors (Lipinski definition) is 1. The number of nitrogens with zero attached hydrogens (tertiary/aromatic N) is 1. The molecule has 0 aromatic carbocycles. The largest absolute Gasteiger partial charge is 0.452 e. The highest BCUT2D eigenvalue weighted by Gasteiger charge is 2.27. The molecule has 134 valence electrons. The molecule has 0 radical (unpaired) electrons. The number of thiophene rings is 1. The van der Waals surface area contributed by atoms with Crippen molar-refractivity contribution in [3.8, 4) is 0 Å². The van der Waals surface area contributed by atoms with Crippen LogP contribution >= 0.6 is 11.3 Å². The van der Waals surface area contributed by atoms with E-state index in [-0.39, 0.29) is 36.9 Å². The van der Waals surface area contributed by atoms with Gasteiger partial charge in [-0.3, -0.25) is 14.4 Å². The quantitative estimate of drug-likeness (QED) is 0.728. The molecular weight excluding hydrogens is 328 g/mol. The minimum atomic E-state index is -0.838. The van der Waals surface area contributed by atoms with Crippen LogP contribution in [0.4, 0.5) is 0 Å². The van der Waals surface area contributed by atoms with Crippen LogP contribution in [0.5, 0.6) is 0 Å². The van der Waals surface area contributed by atoms with Crippen LogP contribution in [0, 0.1) is 0 Å². The summed E-state index contributed by atoms with van der Waals surface area (Å²) in [4.78, 5) is 38.3. The molecule has 0 saturated carbocycles. The van der Waals surface area contributed by atoms with Crippen LogP contribution < -0.4 is 5.32 Å². The van der Waals surface area contributed by atoms with Crippen molar-refractivity contribution in [2.75, 3.05) is 6.54 Å². The van der Waals surface area contributed by atoms with E-state index in [4.69, 9.17) is 4.74 Å². The Hall–Kier alpha value is -1.89. The van der Waals surface area contributed by atoms with Crippen molar-refractivity contribution in [3.05, 3.63) is 22.4 Å². The minimum Gasteiger partial charge on any atom is -0.452 e. The van der Waals surface area contributed by atoms with Gasteiger partial charge < -0.3 is 15.0 Å². The number of carbonyl (C=O) groups excluding carboxylic acids is 3. The highest BCUT2D eigenvalue weighted by Crippen LogP contribution is 2.10. The van der Waals surface area contributed by atoms with Gasteiger partial charge in [0, 0.05) is 18.6 Å². The Bertz CT molecular complexity index is 547. The predicted octanol–water partition coefficient (Wildman–Crippen LogP) is 2.45. The number of ether oxygens (including phenoxy) is 1. The Morgan fingerprint density at radius 3 is 2.29 bits per heavy atom. The molecule has 1 aromatic rings. The maximum atomic E-state index is 12.4. The van der Waals surface area contributed by atoms with E-state index in [0.29, 0.717) is 4.88 Å². The lowest BCUT2D eigenvalue weighted by molar-refractivity contribution is -0.160. The molecule has 1 atom stereocenters. The van der Waals surface area contributed by atoms with Crippen LogP contribution in [-0.4, -0.2) is 47.4 Å². The number of esters is 1. The molecule has 0 spiro atoms. The molecule has 2 amide bonds. The molecule has 0 bridgehead atoms. The summed E-state index contributed by atoms with van der Waals surface area (Å²) in [6.07, 6.45) is -0.812. The summed E-state index contributed by atoms with van der Waals surface area (Å²) in [5.74, 6) is -0.932. The van der Waals surface area contributed by atoms with Gasteiger partial charge in [0.2, 0.25) is 0 Å². The minimum absolute atomic E-state index is 0.0259. The molecule has 1 unspecified atom stereocenters. The molecule has 1 aromatic heterocycles. The van der Waals surface area contributed by atoms with Crippen LogP contribution in [-0.2, 0) is 14.3 Å². The van der Waals surface area contributed by atoms with Crippen LogP contribution in [0.15, 0.2) is 17.5 Å². The van der Waals surface area contributed by atoms with Gasteiger partial charge in [0.1, 0.15) is 0 Å². The van der Waals surface area contributed by atoms with E-state index in [1.807, 2.05) is 33.1 Å². The van der Waals surface area contributed by atoms with Crippen molar-refractivity contribution in [1.82, 2.24) is 10.2 Å². The second kappa shape index (κ2) is 9.42. The molecule has 1 N–H and O–H groups in total. The molecule has 0 aliphatic heterocycles. The van der Waals surface area contributed by atoms with E-state index in [2.05, 4.69) is 5.32 Å². The van der Waals surface area contributed by atoms with Crippen molar-refractivity contribution in [2.45, 2.75) is 59.2 Å². The van der Waals surface area contributed by atoms with E-state index in [1.165, 1.54) is 11.3 Å². The molecule has 1 heterocycles. The molecule has 0 saturated heterocycles. The molecule has 7 heteroatoms. The molecular formula is C17H26N2O4S. The lowest BCUT2D eigenvalue weighted by Crippen LogP contribution is -2.47. The Morgan fingerprint density at radius 2 is 1.79 bits per heavy atom. The lowest BCUT2D eigenvalue weighted by atomic mass is 10.2. The second-order valence-electron chi connectivity index (χ2n) is 6.05. The number of hydrogen-bond acceptors (Lipinski definition) is 5. The first-order valence-electron chi connectivity index (χ1n) is 8.07. The van der Waals surface area contributed by atoms with E-state index >= 15 is 0 Å². The molecule has 6 nitrogen and oxygen atoms in total. The zero-order valence-electron chi connectivity index (χ0n) is 14.9. The normalized spacial score (nSPS) is 12.1. The summed E-state index contributed by atoms with van der Waals surface area (Å²) in [6, 6.07) is 3.56. The number of rotatable bonds is 8. The first kappa shape index (κ1) is 20.2. The summed E-state index contributed by atoms with van der Waals surface area (Å²) >= 11 is 1.33. The van der Waals surface area contributed by atoms with Crippen molar-refractivity contribution in [3.63, 3.8) is 0 Å². The first-order chi connectivity index (χ1) is 11.2. The standard InChI is InChI=1S/C17H26N2O4S/c1-11(2)19(12(3)4)17(22)13(5)23-15(20)8-9-18-16(21)14-7-6-10-24-14/h6-7,10-13H,8-9H2,1-5H3,(H,18,21). The van der Waals surface area contributed by atoms with Gasteiger partial charge in [-0.25, -0.2) is 0 Å². The first-order valence-corrected chi connectivity index (χ1v) is 8.95. The van der Waals surface area contributed by atoms with Crippen LogP contribution in [0.3, 0.4) is 0 Å². The average Bonchev–Trinajstić information content (AvgIpc) is 3.00. The predicted molar refractivity (Wildman–Crippen MR) is 93.9 cm³/mol. The maximum absolute atomic E-state index is 12.4. The summed E-state index contributed by atoms with van der Waals surface area (Å²) < 4.78 is 5.19. The highest BCUT2D eigenvalue weighted by atomic mass is 32.1. The van der Waals surface area contributed by atoms with Gasteiger partial charge in [-0.1, -0.05) is 6.07 Å². The van der Waals surface area contributed by atoms with Crippen molar-refractivity contribution in [1.29, 1.82) is 0 Å². The SMILES string of the molecule is CC(OC(=O)CCNC(=O)c1cccs1)C(=O)N(C(C)C)C(C)C. The molecule has 0 aliphatic carbocycles. The number of nitrogens with one attached hydrogen (secondary N) is 1.